The number of H-pyrrole nitrogens is 1. The molecule has 15 heavy (non-hydrogen) atoms. The number of rotatable bonds is 2. The van der Waals surface area contributed by atoms with E-state index in [0.29, 0.717) is 17.7 Å². The molecule has 5 heteroatoms. The molecule has 0 radical (unpaired) electrons. The summed E-state index contributed by atoms with van der Waals surface area (Å²) in [4.78, 5) is 18.1. The molecule has 2 rings (SSSR count). The largest absolute Gasteiger partial charge is 0.367 e. The fourth-order valence-corrected chi connectivity index (χ4v) is 2.81. The van der Waals surface area contributed by atoms with Crippen LogP contribution in [0.3, 0.4) is 0 Å². The molecular formula is C10H15N3OS. The van der Waals surface area contributed by atoms with Crippen LogP contribution in [0.4, 0.5) is 5.82 Å². The highest BCUT2D eigenvalue weighted by Crippen LogP contribution is 2.19. The summed E-state index contributed by atoms with van der Waals surface area (Å²) in [6.45, 7) is 1.79. The Morgan fingerprint density at radius 1 is 1.53 bits per heavy atom. The van der Waals surface area contributed by atoms with E-state index >= 15 is 0 Å². The molecule has 0 unspecified atom stereocenters. The van der Waals surface area contributed by atoms with Crippen LogP contribution in [0.25, 0.3) is 0 Å². The van der Waals surface area contributed by atoms with Gasteiger partial charge in [0.15, 0.2) is 0 Å². The quantitative estimate of drug-likeness (QED) is 0.798. The number of aryl methyl sites for hydroxylation is 1. The van der Waals surface area contributed by atoms with Crippen molar-refractivity contribution >= 4 is 17.6 Å². The Kier molecular flexibility index (Phi) is 3.30. The van der Waals surface area contributed by atoms with Crippen molar-refractivity contribution < 1.29 is 0 Å². The molecule has 1 fully saturated rings. The zero-order chi connectivity index (χ0) is 10.7. The Labute approximate surface area is 92.9 Å². The zero-order valence-corrected chi connectivity index (χ0v) is 9.56. The van der Waals surface area contributed by atoms with Crippen LogP contribution in [0, 0.1) is 6.92 Å². The summed E-state index contributed by atoms with van der Waals surface area (Å²) in [6.07, 6.45) is 2.30. The summed E-state index contributed by atoms with van der Waals surface area (Å²) in [5, 5.41) is 3.32. The van der Waals surface area contributed by atoms with E-state index < -0.39 is 0 Å². The van der Waals surface area contributed by atoms with E-state index in [1.807, 2.05) is 11.8 Å². The van der Waals surface area contributed by atoms with Gasteiger partial charge in [-0.1, -0.05) is 0 Å². The molecular weight excluding hydrogens is 210 g/mol. The second kappa shape index (κ2) is 4.70. The van der Waals surface area contributed by atoms with E-state index in [1.165, 1.54) is 17.6 Å². The number of aromatic amines is 1. The minimum Gasteiger partial charge on any atom is -0.367 e. The van der Waals surface area contributed by atoms with E-state index in [9.17, 15) is 4.79 Å². The zero-order valence-electron chi connectivity index (χ0n) is 8.75. The highest BCUT2D eigenvalue weighted by Gasteiger charge is 2.13. The molecule has 0 amide bonds. The first-order valence-electron chi connectivity index (χ1n) is 5.16. The van der Waals surface area contributed by atoms with E-state index in [4.69, 9.17) is 0 Å². The van der Waals surface area contributed by atoms with Gasteiger partial charge in [-0.25, -0.2) is 4.98 Å². The lowest BCUT2D eigenvalue weighted by molar-refractivity contribution is 0.662. The number of nitrogens with one attached hydrogen (secondary N) is 2. The van der Waals surface area contributed by atoms with Gasteiger partial charge in [-0.3, -0.25) is 4.79 Å². The van der Waals surface area contributed by atoms with Gasteiger partial charge in [0.05, 0.1) is 0 Å². The molecule has 1 aromatic rings. The summed E-state index contributed by atoms with van der Waals surface area (Å²) in [5.74, 6) is 3.75. The molecule has 0 bridgehead atoms. The predicted molar refractivity (Wildman–Crippen MR) is 63.6 cm³/mol. The number of hydrogen-bond acceptors (Lipinski definition) is 4. The molecule has 4 nitrogen and oxygen atoms in total. The van der Waals surface area contributed by atoms with Crippen LogP contribution in [0.15, 0.2) is 10.9 Å². The molecule has 0 spiro atoms. The first kappa shape index (κ1) is 10.5. The maximum atomic E-state index is 11.2. The van der Waals surface area contributed by atoms with Crippen molar-refractivity contribution in [3.63, 3.8) is 0 Å². The Balaban J connectivity index is 2.06. The van der Waals surface area contributed by atoms with E-state index in [1.54, 1.807) is 6.92 Å². The average Bonchev–Trinajstić information content (AvgIpc) is 2.17. The molecule has 0 atom stereocenters. The Hall–Kier alpha value is -0.970. The summed E-state index contributed by atoms with van der Waals surface area (Å²) >= 11 is 1.99. The van der Waals surface area contributed by atoms with Gasteiger partial charge < -0.3 is 10.3 Å². The van der Waals surface area contributed by atoms with Gasteiger partial charge in [0.2, 0.25) is 0 Å². The minimum atomic E-state index is -0.0878. The third kappa shape index (κ3) is 2.99. The summed E-state index contributed by atoms with van der Waals surface area (Å²) in [5.41, 5.74) is -0.0878. The molecule has 0 saturated carbocycles. The fraction of sp³-hybridized carbons (Fsp3) is 0.600. The lowest BCUT2D eigenvalue weighted by atomic mass is 10.1. The predicted octanol–water partition coefficient (Wildman–Crippen LogP) is 1.39. The van der Waals surface area contributed by atoms with Crippen LogP contribution in [-0.4, -0.2) is 27.5 Å². The topological polar surface area (TPSA) is 57.8 Å². The average molecular weight is 225 g/mol. The molecule has 1 aliphatic heterocycles. The molecule has 82 valence electrons. The summed E-state index contributed by atoms with van der Waals surface area (Å²) in [6, 6.07) is 1.99. The molecule has 1 saturated heterocycles. The molecule has 0 aliphatic carbocycles. The van der Waals surface area contributed by atoms with E-state index in [0.717, 1.165) is 12.8 Å². The van der Waals surface area contributed by atoms with Crippen molar-refractivity contribution in [2.45, 2.75) is 25.8 Å². The fourth-order valence-electron chi connectivity index (χ4n) is 1.70. The first-order valence-corrected chi connectivity index (χ1v) is 6.32. The smallest absolute Gasteiger partial charge is 0.252 e. The van der Waals surface area contributed by atoms with Gasteiger partial charge >= 0.3 is 0 Å². The minimum absolute atomic E-state index is 0.0878. The van der Waals surface area contributed by atoms with Crippen molar-refractivity contribution in [1.82, 2.24) is 9.97 Å². The van der Waals surface area contributed by atoms with Crippen molar-refractivity contribution in [3.05, 3.63) is 22.2 Å². The van der Waals surface area contributed by atoms with Gasteiger partial charge in [0, 0.05) is 12.1 Å². The molecule has 2 heterocycles. The van der Waals surface area contributed by atoms with Crippen molar-refractivity contribution in [3.8, 4) is 0 Å². The van der Waals surface area contributed by atoms with Crippen molar-refractivity contribution in [1.29, 1.82) is 0 Å². The monoisotopic (exact) mass is 225 g/mol. The normalized spacial score (nSPS) is 17.7. The van der Waals surface area contributed by atoms with E-state index in [2.05, 4.69) is 15.3 Å². The van der Waals surface area contributed by atoms with Crippen LogP contribution in [0.5, 0.6) is 0 Å². The maximum absolute atomic E-state index is 11.2. The van der Waals surface area contributed by atoms with Crippen molar-refractivity contribution in [2.24, 2.45) is 0 Å². The van der Waals surface area contributed by atoms with Crippen molar-refractivity contribution in [2.75, 3.05) is 16.8 Å². The SMILES string of the molecule is Cc1nc(NC2CCSCC2)cc(=O)[nH]1. The van der Waals surface area contributed by atoms with Crippen LogP contribution >= 0.6 is 11.8 Å². The van der Waals surface area contributed by atoms with Crippen LogP contribution < -0.4 is 10.9 Å². The lowest BCUT2D eigenvalue weighted by Gasteiger charge is -2.22. The second-order valence-corrected chi connectivity index (χ2v) is 4.97. The number of thioether (sulfide) groups is 1. The van der Waals surface area contributed by atoms with Gasteiger partial charge in [-0.15, -0.1) is 0 Å². The van der Waals surface area contributed by atoms with Gasteiger partial charge in [-0.2, -0.15) is 11.8 Å². The molecule has 2 N–H and O–H groups in total. The number of hydrogen-bond donors (Lipinski definition) is 2. The van der Waals surface area contributed by atoms with Crippen LogP contribution in [0.1, 0.15) is 18.7 Å². The number of nitrogens with zero attached hydrogens (tertiary/aromatic N) is 1. The molecule has 0 aromatic carbocycles. The maximum Gasteiger partial charge on any atom is 0.252 e. The van der Waals surface area contributed by atoms with Gasteiger partial charge in [0.1, 0.15) is 11.6 Å². The summed E-state index contributed by atoms with van der Waals surface area (Å²) < 4.78 is 0. The molecule has 1 aromatic heterocycles. The standard InChI is InChI=1S/C10H15N3OS/c1-7-11-9(6-10(14)12-7)13-8-2-4-15-5-3-8/h6,8H,2-5H2,1H3,(H2,11,12,13,14). The first-order chi connectivity index (χ1) is 7.24. The number of aromatic nitrogens is 2. The third-order valence-electron chi connectivity index (χ3n) is 2.43. The Morgan fingerprint density at radius 3 is 2.93 bits per heavy atom. The second-order valence-electron chi connectivity index (χ2n) is 3.75. The van der Waals surface area contributed by atoms with Crippen LogP contribution in [-0.2, 0) is 0 Å². The lowest BCUT2D eigenvalue weighted by Crippen LogP contribution is -2.26. The third-order valence-corrected chi connectivity index (χ3v) is 3.48. The highest BCUT2D eigenvalue weighted by atomic mass is 32.2. The number of anilines is 1. The van der Waals surface area contributed by atoms with Crippen LogP contribution in [0.2, 0.25) is 0 Å². The van der Waals surface area contributed by atoms with Gasteiger partial charge in [0.25, 0.3) is 5.56 Å². The Morgan fingerprint density at radius 2 is 2.27 bits per heavy atom. The summed E-state index contributed by atoms with van der Waals surface area (Å²) in [7, 11) is 0. The molecule has 1 aliphatic rings. The van der Waals surface area contributed by atoms with Gasteiger partial charge in [-0.05, 0) is 31.3 Å². The highest BCUT2D eigenvalue weighted by molar-refractivity contribution is 7.99. The Bertz CT molecular complexity index is 384. The van der Waals surface area contributed by atoms with E-state index in [-0.39, 0.29) is 5.56 Å².